The number of thiocarbonyl (C=S) groups is 1. The highest BCUT2D eigenvalue weighted by Crippen LogP contribution is 2.15. The molecule has 1 heterocycles. The normalized spacial score (nSPS) is 10.3. The van der Waals surface area contributed by atoms with E-state index < -0.39 is 0 Å². The lowest BCUT2D eigenvalue weighted by Crippen LogP contribution is -2.37. The van der Waals surface area contributed by atoms with E-state index in [1.165, 1.54) is 0 Å². The van der Waals surface area contributed by atoms with Crippen LogP contribution in [0.3, 0.4) is 0 Å². The Morgan fingerprint density at radius 2 is 2.26 bits per heavy atom. The number of nitrogens with two attached hydrogens (primary N) is 1. The molecule has 0 saturated heterocycles. The van der Waals surface area contributed by atoms with Gasteiger partial charge in [0.1, 0.15) is 17.4 Å². The fourth-order valence-electron chi connectivity index (χ4n) is 1.60. The monoisotopic (exact) mass is 281 g/mol. The molecule has 0 spiro atoms. The maximum Gasteiger partial charge on any atom is 0.325 e. The number of carbonyl (C=O) groups excluding carboxylic acids is 1. The maximum absolute atomic E-state index is 11.6. The quantitative estimate of drug-likeness (QED) is 0.629. The first kappa shape index (κ1) is 15.4. The van der Waals surface area contributed by atoms with Crippen LogP contribution >= 0.6 is 12.2 Å². The Balaban J connectivity index is 2.96. The Kier molecular flexibility index (Phi) is 5.69. The second-order valence-electron chi connectivity index (χ2n) is 4.29. The summed E-state index contributed by atoms with van der Waals surface area (Å²) >= 11 is 4.94. The molecule has 0 aliphatic rings. The van der Waals surface area contributed by atoms with Crippen molar-refractivity contribution in [1.82, 2.24) is 4.98 Å². The lowest BCUT2D eigenvalue weighted by atomic mass is 10.2. The first-order valence-corrected chi connectivity index (χ1v) is 6.54. The molecule has 0 amide bonds. The molecule has 0 aliphatic heterocycles. The molecule has 0 atom stereocenters. The van der Waals surface area contributed by atoms with Crippen molar-refractivity contribution < 1.29 is 9.53 Å². The summed E-state index contributed by atoms with van der Waals surface area (Å²) in [6, 6.07) is 3.63. The van der Waals surface area contributed by atoms with E-state index in [1.807, 2.05) is 18.7 Å². The molecule has 1 aromatic heterocycles. The predicted molar refractivity (Wildman–Crippen MR) is 79.2 cm³/mol. The van der Waals surface area contributed by atoms with Gasteiger partial charge in [0.15, 0.2) is 0 Å². The highest BCUT2D eigenvalue weighted by Gasteiger charge is 2.17. The van der Waals surface area contributed by atoms with Gasteiger partial charge in [-0.2, -0.15) is 0 Å². The van der Waals surface area contributed by atoms with Crippen molar-refractivity contribution in [3.8, 4) is 0 Å². The van der Waals surface area contributed by atoms with Crippen LogP contribution in [0.15, 0.2) is 18.3 Å². The Labute approximate surface area is 118 Å². The van der Waals surface area contributed by atoms with E-state index in [2.05, 4.69) is 4.98 Å². The third kappa shape index (κ3) is 4.48. The molecule has 0 unspecified atom stereocenters. The Bertz CT molecular complexity index is 463. The van der Waals surface area contributed by atoms with Gasteiger partial charge in [0.25, 0.3) is 0 Å². The third-order valence-corrected chi connectivity index (χ3v) is 2.79. The molecule has 19 heavy (non-hydrogen) atoms. The van der Waals surface area contributed by atoms with Crippen molar-refractivity contribution in [1.29, 1.82) is 0 Å². The van der Waals surface area contributed by atoms with Gasteiger partial charge in [-0.05, 0) is 32.9 Å². The summed E-state index contributed by atoms with van der Waals surface area (Å²) in [4.78, 5) is 18.0. The van der Waals surface area contributed by atoms with E-state index in [0.29, 0.717) is 17.4 Å². The third-order valence-electron chi connectivity index (χ3n) is 2.55. The molecule has 1 aromatic rings. The molecule has 0 saturated carbocycles. The van der Waals surface area contributed by atoms with Crippen molar-refractivity contribution in [3.63, 3.8) is 0 Å². The van der Waals surface area contributed by atoms with E-state index in [1.54, 1.807) is 25.3 Å². The minimum Gasteiger partial charge on any atom is -0.465 e. The van der Waals surface area contributed by atoms with Crippen molar-refractivity contribution in [2.45, 2.75) is 26.8 Å². The molecule has 104 valence electrons. The molecule has 1 rings (SSSR count). The highest BCUT2D eigenvalue weighted by atomic mass is 32.1. The van der Waals surface area contributed by atoms with Crippen LogP contribution in [-0.4, -0.2) is 35.1 Å². The topological polar surface area (TPSA) is 68.5 Å². The Morgan fingerprint density at radius 3 is 2.79 bits per heavy atom. The smallest absolute Gasteiger partial charge is 0.325 e. The van der Waals surface area contributed by atoms with E-state index >= 15 is 0 Å². The van der Waals surface area contributed by atoms with E-state index in [9.17, 15) is 4.79 Å². The fraction of sp³-hybridized carbons (Fsp3) is 0.462. The lowest BCUT2D eigenvalue weighted by molar-refractivity contribution is -0.141. The largest absolute Gasteiger partial charge is 0.465 e. The molecule has 0 aliphatic carbocycles. The molecule has 0 fully saturated rings. The van der Waals surface area contributed by atoms with Crippen LogP contribution in [-0.2, 0) is 9.53 Å². The molecule has 5 nitrogen and oxygen atoms in total. The molecular weight excluding hydrogens is 262 g/mol. The Morgan fingerprint density at radius 1 is 1.58 bits per heavy atom. The summed E-state index contributed by atoms with van der Waals surface area (Å²) in [5, 5.41) is 0. The first-order valence-electron chi connectivity index (χ1n) is 6.13. The molecule has 0 aromatic carbocycles. The van der Waals surface area contributed by atoms with Gasteiger partial charge in [-0.3, -0.25) is 4.79 Å². The van der Waals surface area contributed by atoms with Gasteiger partial charge < -0.3 is 15.4 Å². The first-order chi connectivity index (χ1) is 8.95. The number of anilines is 1. The zero-order chi connectivity index (χ0) is 14.4. The van der Waals surface area contributed by atoms with Gasteiger partial charge in [-0.15, -0.1) is 0 Å². The predicted octanol–water partition coefficient (Wildman–Crippen LogP) is 1.49. The number of rotatable bonds is 6. The highest BCUT2D eigenvalue weighted by molar-refractivity contribution is 7.80. The zero-order valence-corrected chi connectivity index (χ0v) is 12.2. The summed E-state index contributed by atoms with van der Waals surface area (Å²) in [6.07, 6.45) is 1.63. The number of carbonyl (C=O) groups is 1. The summed E-state index contributed by atoms with van der Waals surface area (Å²) in [5.74, 6) is 0.382. The summed E-state index contributed by atoms with van der Waals surface area (Å²) < 4.78 is 4.96. The maximum atomic E-state index is 11.6. The van der Waals surface area contributed by atoms with Crippen LogP contribution in [0.5, 0.6) is 0 Å². The summed E-state index contributed by atoms with van der Waals surface area (Å²) in [6.45, 7) is 6.26. The number of pyridine rings is 1. The van der Waals surface area contributed by atoms with Gasteiger partial charge in [0.2, 0.25) is 0 Å². The van der Waals surface area contributed by atoms with Gasteiger partial charge in [-0.1, -0.05) is 12.2 Å². The van der Waals surface area contributed by atoms with Crippen molar-refractivity contribution in [3.05, 3.63) is 23.9 Å². The van der Waals surface area contributed by atoms with Gasteiger partial charge in [-0.25, -0.2) is 4.98 Å². The minimum absolute atomic E-state index is 0.110. The van der Waals surface area contributed by atoms with Crippen LogP contribution in [0.1, 0.15) is 26.3 Å². The van der Waals surface area contributed by atoms with Crippen LogP contribution in [0, 0.1) is 0 Å². The molecule has 2 N–H and O–H groups in total. The van der Waals surface area contributed by atoms with Crippen molar-refractivity contribution in [2.75, 3.05) is 18.1 Å². The Hall–Kier alpha value is -1.69. The van der Waals surface area contributed by atoms with Crippen LogP contribution < -0.4 is 10.6 Å². The van der Waals surface area contributed by atoms with Crippen LogP contribution in [0.4, 0.5) is 5.82 Å². The van der Waals surface area contributed by atoms with Gasteiger partial charge >= 0.3 is 5.97 Å². The number of hydrogen-bond donors (Lipinski definition) is 1. The number of ether oxygens (including phenoxy) is 1. The molecule has 0 radical (unpaired) electrons. The SMILES string of the molecule is CCOC(=O)CN(c1cc(C(N)=S)ccn1)C(C)C. The number of esters is 1. The van der Waals surface area contributed by atoms with Gasteiger partial charge in [0, 0.05) is 17.8 Å². The lowest BCUT2D eigenvalue weighted by Gasteiger charge is -2.27. The number of hydrogen-bond acceptors (Lipinski definition) is 5. The van der Waals surface area contributed by atoms with Crippen LogP contribution in [0.2, 0.25) is 0 Å². The molecular formula is C13H19N3O2S. The van der Waals surface area contributed by atoms with E-state index in [0.717, 1.165) is 5.56 Å². The second-order valence-corrected chi connectivity index (χ2v) is 4.73. The second kappa shape index (κ2) is 7.04. The number of aromatic nitrogens is 1. The fourth-order valence-corrected chi connectivity index (χ4v) is 1.73. The zero-order valence-electron chi connectivity index (χ0n) is 11.4. The van der Waals surface area contributed by atoms with E-state index in [-0.39, 0.29) is 18.6 Å². The van der Waals surface area contributed by atoms with Crippen LogP contribution in [0.25, 0.3) is 0 Å². The summed E-state index contributed by atoms with van der Waals surface area (Å²) in [5.41, 5.74) is 6.33. The molecule has 0 bridgehead atoms. The average molecular weight is 281 g/mol. The standard InChI is InChI=1S/C13H19N3O2S/c1-4-18-12(17)8-16(9(2)3)11-7-10(13(14)19)5-6-15-11/h5-7,9H,4,8H2,1-3H3,(H2,14,19). The number of nitrogens with zero attached hydrogens (tertiary/aromatic N) is 2. The average Bonchev–Trinajstić information content (AvgIpc) is 2.36. The minimum atomic E-state index is -0.279. The van der Waals surface area contributed by atoms with Crippen molar-refractivity contribution in [2.24, 2.45) is 5.73 Å². The van der Waals surface area contributed by atoms with E-state index in [4.69, 9.17) is 22.7 Å². The summed E-state index contributed by atoms with van der Waals surface area (Å²) in [7, 11) is 0. The molecule has 6 heteroatoms. The van der Waals surface area contributed by atoms with Gasteiger partial charge in [0.05, 0.1) is 6.61 Å². The van der Waals surface area contributed by atoms with Crippen molar-refractivity contribution >= 4 is 29.0 Å².